The number of hydrogen-bond donors (Lipinski definition) is 3. The molecule has 0 aliphatic rings. The zero-order chi connectivity index (χ0) is 14.4. The highest BCUT2D eigenvalue weighted by Gasteiger charge is 2.18. The molecular weight excluding hydrogens is 251 g/mol. The quantitative estimate of drug-likeness (QED) is 0.767. The maximum absolute atomic E-state index is 13.0. The van der Waals surface area contributed by atoms with E-state index in [-0.39, 0.29) is 5.82 Å². The number of anilines is 1. The molecule has 3 N–H and O–H groups in total. The summed E-state index contributed by atoms with van der Waals surface area (Å²) < 4.78 is 13.0. The van der Waals surface area contributed by atoms with E-state index < -0.39 is 18.0 Å². The molecule has 0 heterocycles. The first-order chi connectivity index (χ1) is 8.93. The maximum atomic E-state index is 13.0. The summed E-state index contributed by atoms with van der Waals surface area (Å²) in [6, 6.07) is 2.59. The van der Waals surface area contributed by atoms with E-state index in [9.17, 15) is 14.0 Å². The van der Waals surface area contributed by atoms with Crippen molar-refractivity contribution >= 4 is 17.7 Å². The van der Waals surface area contributed by atoms with Gasteiger partial charge < -0.3 is 15.7 Å². The lowest BCUT2D eigenvalue weighted by Gasteiger charge is -2.14. The fraction of sp³-hybridized carbons (Fsp3) is 0.385. The lowest BCUT2D eigenvalue weighted by Crippen LogP contribution is -2.42. The Kier molecular flexibility index (Phi) is 5.29. The number of aliphatic carboxylic acids is 1. The molecule has 19 heavy (non-hydrogen) atoms. The molecule has 1 atom stereocenters. The summed E-state index contributed by atoms with van der Waals surface area (Å²) in [4.78, 5) is 22.5. The fourth-order valence-electron chi connectivity index (χ4n) is 1.59. The predicted octanol–water partition coefficient (Wildman–Crippen LogP) is 2.51. The predicted molar refractivity (Wildman–Crippen MR) is 69.6 cm³/mol. The van der Waals surface area contributed by atoms with Crippen LogP contribution in [0.5, 0.6) is 0 Å². The van der Waals surface area contributed by atoms with Gasteiger partial charge in [0.25, 0.3) is 0 Å². The van der Waals surface area contributed by atoms with Gasteiger partial charge in [-0.15, -0.1) is 0 Å². The van der Waals surface area contributed by atoms with E-state index in [2.05, 4.69) is 10.6 Å². The molecule has 0 saturated heterocycles. The summed E-state index contributed by atoms with van der Waals surface area (Å²) >= 11 is 0. The van der Waals surface area contributed by atoms with Gasteiger partial charge in [-0.2, -0.15) is 0 Å². The zero-order valence-electron chi connectivity index (χ0n) is 10.9. The third kappa shape index (κ3) is 4.57. The summed E-state index contributed by atoms with van der Waals surface area (Å²) in [6.07, 6.45) is 0.998. The Hall–Kier alpha value is -2.11. The Balaban J connectivity index is 2.63. The van der Waals surface area contributed by atoms with E-state index in [0.29, 0.717) is 24.1 Å². The van der Waals surface area contributed by atoms with E-state index in [1.165, 1.54) is 18.2 Å². The Morgan fingerprint density at radius 2 is 2.11 bits per heavy atom. The number of nitrogens with one attached hydrogen (secondary N) is 2. The molecule has 0 unspecified atom stereocenters. The Morgan fingerprint density at radius 1 is 1.42 bits per heavy atom. The molecule has 104 valence electrons. The van der Waals surface area contributed by atoms with Crippen molar-refractivity contribution in [2.75, 3.05) is 5.32 Å². The van der Waals surface area contributed by atoms with Crippen LogP contribution in [-0.4, -0.2) is 23.1 Å². The van der Waals surface area contributed by atoms with Gasteiger partial charge in [0, 0.05) is 5.69 Å². The standard InChI is InChI=1S/C13H17FN2O3/c1-3-4-11(12(17)18)16-13(19)15-9-5-6-10(14)8(2)7-9/h5-7,11H,3-4H2,1-2H3,(H,17,18)(H2,15,16,19)/t11-/m1/s1. The van der Waals surface area contributed by atoms with Gasteiger partial charge in [-0.1, -0.05) is 13.3 Å². The average Bonchev–Trinajstić information content (AvgIpc) is 2.33. The minimum absolute atomic E-state index is 0.352. The number of benzene rings is 1. The molecule has 0 spiro atoms. The first-order valence-electron chi connectivity index (χ1n) is 6.00. The summed E-state index contributed by atoms with van der Waals surface area (Å²) in [5.74, 6) is -1.44. The first-order valence-corrected chi connectivity index (χ1v) is 6.00. The highest BCUT2D eigenvalue weighted by atomic mass is 19.1. The van der Waals surface area contributed by atoms with Crippen LogP contribution < -0.4 is 10.6 Å². The SMILES string of the molecule is CCC[C@@H](NC(=O)Nc1ccc(F)c(C)c1)C(=O)O. The van der Waals surface area contributed by atoms with Crippen LogP contribution in [0.2, 0.25) is 0 Å². The van der Waals surface area contributed by atoms with Crippen molar-refractivity contribution in [1.29, 1.82) is 0 Å². The molecule has 0 aliphatic heterocycles. The number of carbonyl (C=O) groups is 2. The number of halogens is 1. The number of hydrogen-bond acceptors (Lipinski definition) is 2. The van der Waals surface area contributed by atoms with Gasteiger partial charge in [0.1, 0.15) is 11.9 Å². The van der Waals surface area contributed by atoms with Crippen molar-refractivity contribution < 1.29 is 19.1 Å². The van der Waals surface area contributed by atoms with Crippen molar-refractivity contribution in [3.63, 3.8) is 0 Å². The van der Waals surface area contributed by atoms with Crippen LogP contribution >= 0.6 is 0 Å². The number of amides is 2. The highest BCUT2D eigenvalue weighted by molar-refractivity contribution is 5.92. The zero-order valence-corrected chi connectivity index (χ0v) is 10.9. The molecule has 0 bridgehead atoms. The lowest BCUT2D eigenvalue weighted by molar-refractivity contribution is -0.139. The second-order valence-electron chi connectivity index (χ2n) is 4.24. The first kappa shape index (κ1) is 14.9. The van der Waals surface area contributed by atoms with E-state index in [1.54, 1.807) is 6.92 Å². The van der Waals surface area contributed by atoms with Crippen LogP contribution in [0.25, 0.3) is 0 Å². The summed E-state index contributed by atoms with van der Waals surface area (Å²) in [7, 11) is 0. The molecule has 2 amide bonds. The Labute approximate surface area is 110 Å². The number of carbonyl (C=O) groups excluding carboxylic acids is 1. The minimum Gasteiger partial charge on any atom is -0.480 e. The van der Waals surface area contributed by atoms with E-state index in [0.717, 1.165) is 0 Å². The molecule has 0 aromatic heterocycles. The van der Waals surface area contributed by atoms with Crippen molar-refractivity contribution in [1.82, 2.24) is 5.32 Å². The molecule has 6 heteroatoms. The van der Waals surface area contributed by atoms with Crippen LogP contribution in [-0.2, 0) is 4.79 Å². The summed E-state index contributed by atoms with van der Waals surface area (Å²) in [6.45, 7) is 3.41. The Bertz CT molecular complexity index is 477. The van der Waals surface area contributed by atoms with Crippen molar-refractivity contribution in [2.24, 2.45) is 0 Å². The van der Waals surface area contributed by atoms with Gasteiger partial charge in [-0.25, -0.2) is 14.0 Å². The second-order valence-corrected chi connectivity index (χ2v) is 4.24. The number of urea groups is 1. The number of aryl methyl sites for hydroxylation is 1. The van der Waals surface area contributed by atoms with Crippen LogP contribution in [0.4, 0.5) is 14.9 Å². The third-order valence-electron chi connectivity index (χ3n) is 2.60. The van der Waals surface area contributed by atoms with Gasteiger partial charge in [0.05, 0.1) is 0 Å². The Morgan fingerprint density at radius 3 is 2.63 bits per heavy atom. The van der Waals surface area contributed by atoms with Crippen molar-refractivity contribution in [3.8, 4) is 0 Å². The number of carboxylic acids is 1. The molecule has 0 saturated carbocycles. The van der Waals surface area contributed by atoms with Gasteiger partial charge >= 0.3 is 12.0 Å². The van der Waals surface area contributed by atoms with Crippen LogP contribution in [0, 0.1) is 12.7 Å². The smallest absolute Gasteiger partial charge is 0.326 e. The monoisotopic (exact) mass is 268 g/mol. The fourth-order valence-corrected chi connectivity index (χ4v) is 1.59. The molecule has 1 aromatic rings. The summed E-state index contributed by atoms with van der Waals surface area (Å²) in [5, 5.41) is 13.7. The topological polar surface area (TPSA) is 78.4 Å². The molecule has 5 nitrogen and oxygen atoms in total. The number of rotatable bonds is 5. The molecule has 0 aliphatic carbocycles. The van der Waals surface area contributed by atoms with Crippen LogP contribution in [0.1, 0.15) is 25.3 Å². The van der Waals surface area contributed by atoms with Gasteiger partial charge in [0.2, 0.25) is 0 Å². The third-order valence-corrected chi connectivity index (χ3v) is 2.60. The minimum atomic E-state index is -1.08. The van der Waals surface area contributed by atoms with E-state index in [4.69, 9.17) is 5.11 Å². The van der Waals surface area contributed by atoms with Gasteiger partial charge in [-0.05, 0) is 37.1 Å². The van der Waals surface area contributed by atoms with Gasteiger partial charge in [0.15, 0.2) is 0 Å². The van der Waals surface area contributed by atoms with E-state index in [1.807, 2.05) is 6.92 Å². The summed E-state index contributed by atoms with van der Waals surface area (Å²) in [5.41, 5.74) is 0.818. The second kappa shape index (κ2) is 6.72. The molecular formula is C13H17FN2O3. The van der Waals surface area contributed by atoms with Gasteiger partial charge in [-0.3, -0.25) is 0 Å². The molecule has 0 radical (unpaired) electrons. The number of carboxylic acid groups (broad SMARTS) is 1. The maximum Gasteiger partial charge on any atom is 0.326 e. The average molecular weight is 268 g/mol. The largest absolute Gasteiger partial charge is 0.480 e. The molecule has 0 fully saturated rings. The normalized spacial score (nSPS) is 11.7. The highest BCUT2D eigenvalue weighted by Crippen LogP contribution is 2.13. The van der Waals surface area contributed by atoms with Crippen LogP contribution in [0.15, 0.2) is 18.2 Å². The van der Waals surface area contributed by atoms with Crippen molar-refractivity contribution in [2.45, 2.75) is 32.7 Å². The molecule has 1 rings (SSSR count). The van der Waals surface area contributed by atoms with E-state index >= 15 is 0 Å². The molecule has 1 aromatic carbocycles. The van der Waals surface area contributed by atoms with Crippen molar-refractivity contribution in [3.05, 3.63) is 29.6 Å². The van der Waals surface area contributed by atoms with Crippen LogP contribution in [0.3, 0.4) is 0 Å². The lowest BCUT2D eigenvalue weighted by atomic mass is 10.2.